The van der Waals surface area contributed by atoms with Crippen molar-refractivity contribution in [3.8, 4) is 11.8 Å². The second kappa shape index (κ2) is 6.23. The van der Waals surface area contributed by atoms with E-state index in [4.69, 9.17) is 4.43 Å². The van der Waals surface area contributed by atoms with Gasteiger partial charge in [0.1, 0.15) is 6.10 Å². The van der Waals surface area contributed by atoms with Crippen LogP contribution in [-0.4, -0.2) is 15.9 Å². The summed E-state index contributed by atoms with van der Waals surface area (Å²) in [5, 5.41) is 0.308. The smallest absolute Gasteiger partial charge is 0.237 e. The Balaban J connectivity index is 3.89. The van der Waals surface area contributed by atoms with Crippen LogP contribution in [0.15, 0.2) is 0 Å². The van der Waals surface area contributed by atoms with Crippen molar-refractivity contribution < 1.29 is 4.43 Å². The molecule has 0 spiro atoms. The van der Waals surface area contributed by atoms with Crippen LogP contribution in [0.2, 0.25) is 5.04 Å². The first kappa shape index (κ1) is 12.7. The van der Waals surface area contributed by atoms with E-state index in [1.165, 1.54) is 0 Å². The van der Waals surface area contributed by atoms with Gasteiger partial charge < -0.3 is 4.43 Å². The summed E-state index contributed by atoms with van der Waals surface area (Å²) in [4.78, 5) is 0. The number of hydrogen-bond donors (Lipinski definition) is 0. The van der Waals surface area contributed by atoms with Gasteiger partial charge in [-0.2, -0.15) is 0 Å². The lowest BCUT2D eigenvalue weighted by atomic mass is 10.1. The molecule has 0 aromatic heterocycles. The molecule has 0 amide bonds. The van der Waals surface area contributed by atoms with Crippen molar-refractivity contribution in [1.29, 1.82) is 0 Å². The molecule has 1 atom stereocenters. The molecule has 0 aliphatic heterocycles. The van der Waals surface area contributed by atoms with Crippen molar-refractivity contribution in [2.75, 3.05) is 0 Å². The van der Waals surface area contributed by atoms with Crippen LogP contribution in [0.4, 0.5) is 0 Å². The zero-order valence-electron chi connectivity index (χ0n) is 9.40. The van der Waals surface area contributed by atoms with Crippen LogP contribution < -0.4 is 0 Å². The van der Waals surface area contributed by atoms with Crippen LogP contribution in [0.25, 0.3) is 0 Å². The molecule has 0 heterocycles. The van der Waals surface area contributed by atoms with E-state index in [9.17, 15) is 0 Å². The van der Waals surface area contributed by atoms with Crippen molar-refractivity contribution in [2.45, 2.75) is 58.6 Å². The minimum absolute atomic E-state index is 0.133. The lowest BCUT2D eigenvalue weighted by Gasteiger charge is -2.22. The Bertz CT molecular complexity index is 188. The zero-order valence-corrected chi connectivity index (χ0v) is 10.4. The van der Waals surface area contributed by atoms with E-state index in [1.54, 1.807) is 0 Å². The van der Waals surface area contributed by atoms with Gasteiger partial charge in [-0.25, -0.2) is 0 Å². The van der Waals surface area contributed by atoms with E-state index in [2.05, 4.69) is 39.5 Å². The van der Waals surface area contributed by atoms with Gasteiger partial charge in [0.15, 0.2) is 0 Å². The predicted molar refractivity (Wildman–Crippen MR) is 58.7 cm³/mol. The lowest BCUT2D eigenvalue weighted by Crippen LogP contribution is -2.21. The Morgan fingerprint density at radius 2 is 2.00 bits per heavy atom. The third-order valence-electron chi connectivity index (χ3n) is 2.04. The molecule has 0 rings (SSSR count). The maximum absolute atomic E-state index is 5.74. The summed E-state index contributed by atoms with van der Waals surface area (Å²) >= 11 is 0. The molecule has 0 N–H and O–H groups in total. The van der Waals surface area contributed by atoms with Crippen LogP contribution >= 0.6 is 0 Å². The molecule has 0 aliphatic carbocycles. The van der Waals surface area contributed by atoms with Gasteiger partial charge in [-0.3, -0.25) is 0 Å². The minimum Gasteiger partial charge on any atom is -0.403 e. The molecule has 0 saturated heterocycles. The fraction of sp³-hybridized carbons (Fsp3) is 0.818. The number of hydrogen-bond acceptors (Lipinski definition) is 1. The molecular weight excluding hydrogens is 176 g/mol. The van der Waals surface area contributed by atoms with Crippen LogP contribution in [0.5, 0.6) is 0 Å². The Hall–Kier alpha value is -0.263. The van der Waals surface area contributed by atoms with Crippen molar-refractivity contribution in [1.82, 2.24) is 0 Å². The topological polar surface area (TPSA) is 9.23 Å². The molecule has 74 valence electrons. The molecule has 0 aliphatic rings. The third kappa shape index (κ3) is 5.90. The van der Waals surface area contributed by atoms with Crippen molar-refractivity contribution in [2.24, 2.45) is 0 Å². The van der Waals surface area contributed by atoms with Gasteiger partial charge >= 0.3 is 0 Å². The zero-order chi connectivity index (χ0) is 10.3. The second-order valence-corrected chi connectivity index (χ2v) is 5.54. The van der Waals surface area contributed by atoms with E-state index < -0.39 is 0 Å². The third-order valence-corrected chi connectivity index (χ3v) is 3.35. The summed E-state index contributed by atoms with van der Waals surface area (Å²) in [6.07, 6.45) is 2.27. The van der Waals surface area contributed by atoms with Gasteiger partial charge in [-0.15, -0.1) is 5.92 Å². The van der Waals surface area contributed by atoms with Crippen LogP contribution in [0, 0.1) is 11.8 Å². The Morgan fingerprint density at radius 3 is 2.38 bits per heavy atom. The normalized spacial score (nSPS) is 13.3. The first-order valence-corrected chi connectivity index (χ1v) is 5.81. The van der Waals surface area contributed by atoms with Crippen molar-refractivity contribution in [3.05, 3.63) is 0 Å². The summed E-state index contributed by atoms with van der Waals surface area (Å²) in [5.74, 6) is 5.97. The maximum Gasteiger partial charge on any atom is 0.237 e. The van der Waals surface area contributed by atoms with Gasteiger partial charge in [-0.05, 0) is 18.4 Å². The summed E-state index contributed by atoms with van der Waals surface area (Å²) < 4.78 is 5.74. The Kier molecular flexibility index (Phi) is 6.10. The largest absolute Gasteiger partial charge is 0.403 e. The first-order valence-electron chi connectivity index (χ1n) is 4.90. The molecule has 0 aromatic carbocycles. The quantitative estimate of drug-likeness (QED) is 0.485. The molecule has 13 heavy (non-hydrogen) atoms. The van der Waals surface area contributed by atoms with Crippen LogP contribution in [0.3, 0.4) is 0 Å². The Morgan fingerprint density at radius 1 is 1.38 bits per heavy atom. The summed E-state index contributed by atoms with van der Waals surface area (Å²) in [6, 6.07) is 0. The van der Waals surface area contributed by atoms with Gasteiger partial charge in [0.25, 0.3) is 0 Å². The highest BCUT2D eigenvalue weighted by Gasteiger charge is 2.19. The summed E-state index contributed by atoms with van der Waals surface area (Å²) in [5.41, 5.74) is 0. The second-order valence-electron chi connectivity index (χ2n) is 3.75. The summed E-state index contributed by atoms with van der Waals surface area (Å²) in [6.45, 7) is 10.6. The van der Waals surface area contributed by atoms with Gasteiger partial charge in [0.05, 0.1) is 0 Å². The van der Waals surface area contributed by atoms with E-state index in [1.807, 2.05) is 6.92 Å². The molecule has 1 unspecified atom stereocenters. The maximum atomic E-state index is 5.74. The van der Waals surface area contributed by atoms with E-state index in [0.717, 1.165) is 12.8 Å². The standard InChI is InChI=1S/C11H20OSi/c1-6-9-10(7-2)12-13-11(4,5)8-3/h10H,7-8H2,1-5H3. The van der Waals surface area contributed by atoms with Crippen molar-refractivity contribution >= 4 is 9.76 Å². The lowest BCUT2D eigenvalue weighted by molar-refractivity contribution is 0.254. The molecule has 1 nitrogen and oxygen atoms in total. The van der Waals surface area contributed by atoms with Crippen LogP contribution in [0.1, 0.15) is 47.5 Å². The summed E-state index contributed by atoms with van der Waals surface area (Å²) in [7, 11) is 0.553. The highest BCUT2D eigenvalue weighted by atomic mass is 28.2. The fourth-order valence-corrected chi connectivity index (χ4v) is 1.51. The predicted octanol–water partition coefficient (Wildman–Crippen LogP) is 3.03. The van der Waals surface area contributed by atoms with E-state index in [0.29, 0.717) is 14.8 Å². The fourth-order valence-electron chi connectivity index (χ4n) is 0.679. The highest BCUT2D eigenvalue weighted by molar-refractivity contribution is 6.32. The van der Waals surface area contributed by atoms with Crippen molar-refractivity contribution in [3.63, 3.8) is 0 Å². The van der Waals surface area contributed by atoms with Gasteiger partial charge in [-0.1, -0.05) is 40.0 Å². The van der Waals surface area contributed by atoms with E-state index in [-0.39, 0.29) is 6.10 Å². The van der Waals surface area contributed by atoms with Gasteiger partial charge in [0.2, 0.25) is 9.76 Å². The monoisotopic (exact) mass is 196 g/mol. The molecule has 0 saturated carbocycles. The average Bonchev–Trinajstić information content (AvgIpc) is 2.12. The van der Waals surface area contributed by atoms with Gasteiger partial charge in [0, 0.05) is 0 Å². The van der Waals surface area contributed by atoms with E-state index >= 15 is 0 Å². The molecule has 0 fully saturated rings. The molecule has 0 aromatic rings. The average molecular weight is 196 g/mol. The highest BCUT2D eigenvalue weighted by Crippen LogP contribution is 2.27. The Labute approximate surface area is 85.2 Å². The molecular formula is C11H20OSi. The van der Waals surface area contributed by atoms with Crippen LogP contribution in [-0.2, 0) is 4.43 Å². The molecule has 2 heteroatoms. The minimum atomic E-state index is 0.133. The first-order chi connectivity index (χ1) is 6.05. The molecule has 0 bridgehead atoms. The SMILES string of the molecule is CC#CC(CC)O[Si]C(C)(C)CC. The number of rotatable bonds is 5. The molecule has 2 radical (unpaired) electrons.